The van der Waals surface area contributed by atoms with E-state index in [9.17, 15) is 4.39 Å². The first-order valence-electron chi connectivity index (χ1n) is 7.06. The Balaban J connectivity index is 2.03. The van der Waals surface area contributed by atoms with Gasteiger partial charge in [-0.25, -0.2) is 4.39 Å². The van der Waals surface area contributed by atoms with Crippen LogP contribution in [0.3, 0.4) is 0 Å². The maximum Gasteiger partial charge on any atom is 0.126 e. The highest BCUT2D eigenvalue weighted by molar-refractivity contribution is 6.30. The lowest BCUT2D eigenvalue weighted by atomic mass is 9.94. The van der Waals surface area contributed by atoms with Gasteiger partial charge in [0.15, 0.2) is 0 Å². The van der Waals surface area contributed by atoms with Gasteiger partial charge in [0, 0.05) is 23.3 Å². The maximum atomic E-state index is 13.4. The Bertz CT molecular complexity index is 554. The predicted molar refractivity (Wildman–Crippen MR) is 87.3 cm³/mol. The van der Waals surface area contributed by atoms with Gasteiger partial charge in [-0.05, 0) is 36.1 Å². The minimum Gasteiger partial charge on any atom is -0.381 e. The van der Waals surface area contributed by atoms with Crippen LogP contribution >= 0.6 is 11.6 Å². The van der Waals surface area contributed by atoms with Crippen molar-refractivity contribution in [2.75, 3.05) is 11.9 Å². The molecule has 0 saturated heterocycles. The number of hydrogen-bond donors (Lipinski definition) is 2. The molecular weight excluding hydrogens is 287 g/mol. The van der Waals surface area contributed by atoms with E-state index in [0.717, 1.165) is 6.42 Å². The highest BCUT2D eigenvalue weighted by atomic mass is 35.5. The number of anilines is 1. The number of benzene rings is 2. The second-order valence-corrected chi connectivity index (χ2v) is 5.72. The number of nitrogens with one attached hydrogen (secondary N) is 1. The van der Waals surface area contributed by atoms with Crippen molar-refractivity contribution < 1.29 is 4.39 Å². The molecule has 21 heavy (non-hydrogen) atoms. The molecule has 0 saturated carbocycles. The Kier molecular flexibility index (Phi) is 5.59. The highest BCUT2D eigenvalue weighted by Crippen LogP contribution is 2.23. The average molecular weight is 307 g/mol. The lowest BCUT2D eigenvalue weighted by molar-refractivity contribution is 0.584. The third-order valence-corrected chi connectivity index (χ3v) is 3.74. The quantitative estimate of drug-likeness (QED) is 0.829. The Morgan fingerprint density at radius 2 is 1.90 bits per heavy atom. The Labute approximate surface area is 130 Å². The molecule has 0 aliphatic heterocycles. The summed E-state index contributed by atoms with van der Waals surface area (Å²) in [7, 11) is 0. The Morgan fingerprint density at radius 1 is 1.19 bits per heavy atom. The zero-order valence-corrected chi connectivity index (χ0v) is 12.8. The fourth-order valence-corrected chi connectivity index (χ4v) is 2.65. The van der Waals surface area contributed by atoms with Gasteiger partial charge in [0.1, 0.15) is 5.82 Å². The monoisotopic (exact) mass is 306 g/mol. The number of halogens is 2. The molecule has 2 unspecified atom stereocenters. The summed E-state index contributed by atoms with van der Waals surface area (Å²) in [5.41, 5.74) is 7.77. The Hall–Kier alpha value is -1.58. The van der Waals surface area contributed by atoms with Crippen molar-refractivity contribution in [3.05, 3.63) is 64.9 Å². The van der Waals surface area contributed by atoms with E-state index in [4.69, 9.17) is 17.3 Å². The molecule has 2 nitrogen and oxygen atoms in total. The van der Waals surface area contributed by atoms with Crippen LogP contribution < -0.4 is 11.1 Å². The highest BCUT2D eigenvalue weighted by Gasteiger charge is 2.14. The molecule has 3 N–H and O–H groups in total. The predicted octanol–water partition coefficient (Wildman–Crippen LogP) is 4.41. The molecule has 0 aromatic heterocycles. The molecule has 0 aliphatic carbocycles. The van der Waals surface area contributed by atoms with Gasteiger partial charge >= 0.3 is 0 Å². The van der Waals surface area contributed by atoms with E-state index in [1.54, 1.807) is 6.07 Å². The summed E-state index contributed by atoms with van der Waals surface area (Å²) >= 11 is 5.87. The van der Waals surface area contributed by atoms with E-state index in [-0.39, 0.29) is 11.9 Å². The van der Waals surface area contributed by atoms with E-state index >= 15 is 0 Å². The van der Waals surface area contributed by atoms with Gasteiger partial charge in [0.25, 0.3) is 0 Å². The van der Waals surface area contributed by atoms with E-state index in [0.29, 0.717) is 23.2 Å². The third-order valence-electron chi connectivity index (χ3n) is 3.52. The molecule has 2 rings (SSSR count). The second-order valence-electron chi connectivity index (χ2n) is 5.28. The van der Waals surface area contributed by atoms with Crippen LogP contribution in [0, 0.1) is 5.82 Å². The normalized spacial score (nSPS) is 13.7. The van der Waals surface area contributed by atoms with Crippen LogP contribution in [0.2, 0.25) is 5.02 Å². The van der Waals surface area contributed by atoms with Crippen molar-refractivity contribution in [3.63, 3.8) is 0 Å². The van der Waals surface area contributed by atoms with Crippen molar-refractivity contribution >= 4 is 17.3 Å². The summed E-state index contributed by atoms with van der Waals surface area (Å²) in [4.78, 5) is 0. The van der Waals surface area contributed by atoms with Gasteiger partial charge < -0.3 is 11.1 Å². The van der Waals surface area contributed by atoms with Crippen LogP contribution in [0.5, 0.6) is 0 Å². The minimum absolute atomic E-state index is 0.0677. The first-order valence-corrected chi connectivity index (χ1v) is 7.44. The summed E-state index contributed by atoms with van der Waals surface area (Å²) in [5, 5.41) is 3.64. The number of hydrogen-bond acceptors (Lipinski definition) is 2. The second kappa shape index (κ2) is 7.43. The maximum absolute atomic E-state index is 13.4. The molecule has 2 atom stereocenters. The SMILES string of the molecule is CC(CC(CN)Nc1cc(F)cc(Cl)c1)c1ccccc1. The zero-order valence-electron chi connectivity index (χ0n) is 12.0. The van der Waals surface area contributed by atoms with Crippen molar-refractivity contribution in [1.82, 2.24) is 0 Å². The molecule has 0 aliphatic rings. The summed E-state index contributed by atoms with van der Waals surface area (Å²) in [6.07, 6.45) is 0.870. The van der Waals surface area contributed by atoms with Gasteiger partial charge in [0.05, 0.1) is 0 Å². The van der Waals surface area contributed by atoms with Crippen LogP contribution in [-0.2, 0) is 0 Å². The van der Waals surface area contributed by atoms with E-state index in [2.05, 4.69) is 24.4 Å². The lowest BCUT2D eigenvalue weighted by Crippen LogP contribution is -2.30. The minimum atomic E-state index is -0.350. The average Bonchev–Trinajstić information content (AvgIpc) is 2.46. The smallest absolute Gasteiger partial charge is 0.126 e. The lowest BCUT2D eigenvalue weighted by Gasteiger charge is -2.22. The molecule has 0 heterocycles. The molecule has 0 bridgehead atoms. The standard InChI is InChI=1S/C17H20ClFN2/c1-12(13-5-3-2-4-6-13)7-17(11-20)21-16-9-14(18)8-15(19)10-16/h2-6,8-10,12,17,21H,7,11,20H2,1H3. The van der Waals surface area contributed by atoms with Crippen LogP contribution in [-0.4, -0.2) is 12.6 Å². The van der Waals surface area contributed by atoms with Crippen molar-refractivity contribution in [1.29, 1.82) is 0 Å². The largest absolute Gasteiger partial charge is 0.381 e. The van der Waals surface area contributed by atoms with Crippen LogP contribution in [0.15, 0.2) is 48.5 Å². The summed E-state index contributed by atoms with van der Waals surface area (Å²) < 4.78 is 13.4. The van der Waals surface area contributed by atoms with E-state index in [1.807, 2.05) is 18.2 Å². The van der Waals surface area contributed by atoms with Crippen LogP contribution in [0.25, 0.3) is 0 Å². The van der Waals surface area contributed by atoms with Crippen LogP contribution in [0.4, 0.5) is 10.1 Å². The zero-order chi connectivity index (χ0) is 15.2. The van der Waals surface area contributed by atoms with Crippen molar-refractivity contribution in [2.24, 2.45) is 5.73 Å². The van der Waals surface area contributed by atoms with Gasteiger partial charge in [-0.3, -0.25) is 0 Å². The number of rotatable bonds is 6. The first kappa shape index (κ1) is 15.8. The fraction of sp³-hybridized carbons (Fsp3) is 0.294. The van der Waals surface area contributed by atoms with Crippen LogP contribution in [0.1, 0.15) is 24.8 Å². The van der Waals surface area contributed by atoms with Crippen molar-refractivity contribution in [2.45, 2.75) is 25.3 Å². The van der Waals surface area contributed by atoms with Gasteiger partial charge in [-0.2, -0.15) is 0 Å². The van der Waals surface area contributed by atoms with Gasteiger partial charge in [-0.15, -0.1) is 0 Å². The molecule has 0 fully saturated rings. The molecule has 0 radical (unpaired) electrons. The Morgan fingerprint density at radius 3 is 2.52 bits per heavy atom. The molecule has 2 aromatic carbocycles. The van der Waals surface area contributed by atoms with Gasteiger partial charge in [-0.1, -0.05) is 48.9 Å². The molecule has 0 amide bonds. The molecular formula is C17H20ClFN2. The fourth-order valence-electron chi connectivity index (χ4n) is 2.43. The summed E-state index contributed by atoms with van der Waals surface area (Å²) in [5.74, 6) is 0.0214. The molecule has 112 valence electrons. The number of nitrogens with two attached hydrogens (primary N) is 1. The molecule has 4 heteroatoms. The van der Waals surface area contributed by atoms with E-state index < -0.39 is 0 Å². The summed E-state index contributed by atoms with van der Waals surface area (Å²) in [6, 6.07) is 14.8. The van der Waals surface area contributed by atoms with Gasteiger partial charge in [0.2, 0.25) is 0 Å². The molecule has 0 spiro atoms. The van der Waals surface area contributed by atoms with Crippen molar-refractivity contribution in [3.8, 4) is 0 Å². The summed E-state index contributed by atoms with van der Waals surface area (Å²) in [6.45, 7) is 2.64. The first-order chi connectivity index (χ1) is 10.1. The topological polar surface area (TPSA) is 38.0 Å². The third kappa shape index (κ3) is 4.73. The van der Waals surface area contributed by atoms with E-state index in [1.165, 1.54) is 17.7 Å². The molecule has 2 aromatic rings.